The van der Waals surface area contributed by atoms with Crippen LogP contribution in [-0.2, 0) is 6.54 Å². The van der Waals surface area contributed by atoms with Crippen molar-refractivity contribution in [2.45, 2.75) is 26.5 Å². The highest BCUT2D eigenvalue weighted by atomic mass is 16.3. The molecule has 7 heteroatoms. The van der Waals surface area contributed by atoms with Gasteiger partial charge in [-0.2, -0.15) is 0 Å². The maximum absolute atomic E-state index is 9.79. The molecule has 2 N–H and O–H groups in total. The predicted octanol–water partition coefficient (Wildman–Crippen LogP) is 3.37. The first kappa shape index (κ1) is 17.1. The summed E-state index contributed by atoms with van der Waals surface area (Å²) in [7, 11) is 0. The number of rotatable bonds is 5. The Labute approximate surface area is 156 Å². The third kappa shape index (κ3) is 3.63. The molecule has 7 nitrogen and oxygen atoms in total. The van der Waals surface area contributed by atoms with Gasteiger partial charge in [-0.15, -0.1) is 5.10 Å². The Hall–Kier alpha value is -3.32. The zero-order valence-corrected chi connectivity index (χ0v) is 15.2. The standard InChI is InChI=1S/C20H20N6O/c1-13(27)16-9-6-10-17(11-16)23-19-18-20(22-14(2)21-19)26(25-24-18)12-15-7-4-3-5-8-15/h3-11,13,27H,12H2,1-2H3,(H,21,22,23). The smallest absolute Gasteiger partial charge is 0.184 e. The van der Waals surface area contributed by atoms with Crippen molar-refractivity contribution >= 4 is 22.7 Å². The summed E-state index contributed by atoms with van der Waals surface area (Å²) in [5.41, 5.74) is 4.07. The van der Waals surface area contributed by atoms with Gasteiger partial charge in [-0.3, -0.25) is 0 Å². The van der Waals surface area contributed by atoms with Crippen LogP contribution in [0.3, 0.4) is 0 Å². The van der Waals surface area contributed by atoms with Gasteiger partial charge >= 0.3 is 0 Å². The van der Waals surface area contributed by atoms with E-state index in [-0.39, 0.29) is 0 Å². The van der Waals surface area contributed by atoms with Crippen molar-refractivity contribution in [2.75, 3.05) is 5.32 Å². The van der Waals surface area contributed by atoms with Gasteiger partial charge in [0.2, 0.25) is 0 Å². The van der Waals surface area contributed by atoms with Crippen LogP contribution in [0.2, 0.25) is 0 Å². The van der Waals surface area contributed by atoms with Crippen molar-refractivity contribution in [1.29, 1.82) is 0 Å². The molecule has 27 heavy (non-hydrogen) atoms. The predicted molar refractivity (Wildman–Crippen MR) is 104 cm³/mol. The summed E-state index contributed by atoms with van der Waals surface area (Å²) >= 11 is 0. The first-order valence-electron chi connectivity index (χ1n) is 8.77. The molecule has 2 aromatic heterocycles. The second kappa shape index (κ2) is 7.13. The van der Waals surface area contributed by atoms with E-state index in [0.29, 0.717) is 29.4 Å². The molecular weight excluding hydrogens is 340 g/mol. The first-order valence-corrected chi connectivity index (χ1v) is 8.77. The Bertz CT molecular complexity index is 1070. The molecule has 2 aromatic carbocycles. The average molecular weight is 360 g/mol. The minimum absolute atomic E-state index is 0.536. The summed E-state index contributed by atoms with van der Waals surface area (Å²) in [5.74, 6) is 1.23. The van der Waals surface area contributed by atoms with Crippen molar-refractivity contribution in [3.63, 3.8) is 0 Å². The number of nitrogens with zero attached hydrogens (tertiary/aromatic N) is 5. The Morgan fingerprint density at radius 1 is 1.07 bits per heavy atom. The van der Waals surface area contributed by atoms with E-state index in [1.165, 1.54) is 0 Å². The van der Waals surface area contributed by atoms with Crippen LogP contribution in [0.5, 0.6) is 0 Å². The van der Waals surface area contributed by atoms with E-state index >= 15 is 0 Å². The lowest BCUT2D eigenvalue weighted by atomic mass is 10.1. The highest BCUT2D eigenvalue weighted by molar-refractivity contribution is 5.84. The molecule has 136 valence electrons. The van der Waals surface area contributed by atoms with Crippen molar-refractivity contribution in [1.82, 2.24) is 25.0 Å². The van der Waals surface area contributed by atoms with E-state index in [1.807, 2.05) is 61.5 Å². The fourth-order valence-corrected chi connectivity index (χ4v) is 2.93. The number of aliphatic hydroxyl groups excluding tert-OH is 1. The molecule has 2 heterocycles. The largest absolute Gasteiger partial charge is 0.389 e. The summed E-state index contributed by atoms with van der Waals surface area (Å²) in [6.45, 7) is 4.17. The highest BCUT2D eigenvalue weighted by Gasteiger charge is 2.14. The maximum Gasteiger partial charge on any atom is 0.184 e. The van der Waals surface area contributed by atoms with Gasteiger partial charge in [-0.05, 0) is 37.1 Å². The van der Waals surface area contributed by atoms with E-state index in [0.717, 1.165) is 16.8 Å². The molecule has 0 aliphatic rings. The Morgan fingerprint density at radius 2 is 1.89 bits per heavy atom. The number of anilines is 2. The lowest BCUT2D eigenvalue weighted by Crippen LogP contribution is -2.05. The molecule has 4 rings (SSSR count). The molecule has 0 saturated carbocycles. The van der Waals surface area contributed by atoms with Crippen LogP contribution in [0.15, 0.2) is 54.6 Å². The molecule has 0 fully saturated rings. The number of hydrogen-bond donors (Lipinski definition) is 2. The summed E-state index contributed by atoms with van der Waals surface area (Å²) < 4.78 is 1.77. The van der Waals surface area contributed by atoms with Gasteiger partial charge in [0.1, 0.15) is 5.82 Å². The SMILES string of the molecule is Cc1nc(Nc2cccc(C(C)O)c2)c2nnn(Cc3ccccc3)c2n1. The molecule has 0 bridgehead atoms. The van der Waals surface area contributed by atoms with Crippen molar-refractivity contribution in [3.8, 4) is 0 Å². The zero-order chi connectivity index (χ0) is 18.8. The van der Waals surface area contributed by atoms with Gasteiger partial charge in [0, 0.05) is 5.69 Å². The Morgan fingerprint density at radius 3 is 2.67 bits per heavy atom. The lowest BCUT2D eigenvalue weighted by molar-refractivity contribution is 0.199. The minimum Gasteiger partial charge on any atom is -0.389 e. The second-order valence-electron chi connectivity index (χ2n) is 6.45. The van der Waals surface area contributed by atoms with Crippen LogP contribution >= 0.6 is 0 Å². The van der Waals surface area contributed by atoms with E-state index in [9.17, 15) is 5.11 Å². The summed E-state index contributed by atoms with van der Waals surface area (Å²) in [5, 5.41) is 21.6. The lowest BCUT2D eigenvalue weighted by Gasteiger charge is -2.10. The molecule has 0 aliphatic heterocycles. The summed E-state index contributed by atoms with van der Waals surface area (Å²) in [4.78, 5) is 9.02. The van der Waals surface area contributed by atoms with Gasteiger partial charge in [0.05, 0.1) is 12.6 Å². The van der Waals surface area contributed by atoms with Gasteiger partial charge in [-0.25, -0.2) is 14.6 Å². The van der Waals surface area contributed by atoms with Crippen molar-refractivity contribution in [2.24, 2.45) is 0 Å². The molecule has 0 radical (unpaired) electrons. The Kier molecular flexibility index (Phi) is 4.52. The van der Waals surface area contributed by atoms with Gasteiger partial charge < -0.3 is 10.4 Å². The molecule has 1 unspecified atom stereocenters. The number of aromatic nitrogens is 5. The van der Waals surface area contributed by atoms with Gasteiger partial charge in [0.25, 0.3) is 0 Å². The third-order valence-corrected chi connectivity index (χ3v) is 4.28. The van der Waals surface area contributed by atoms with Crippen LogP contribution in [-0.4, -0.2) is 30.1 Å². The third-order valence-electron chi connectivity index (χ3n) is 4.28. The molecular formula is C20H20N6O. The van der Waals surface area contributed by atoms with E-state index in [4.69, 9.17) is 0 Å². The molecule has 0 amide bonds. The molecule has 1 atom stereocenters. The number of nitrogens with one attached hydrogen (secondary N) is 1. The normalized spacial score (nSPS) is 12.3. The van der Waals surface area contributed by atoms with E-state index in [1.54, 1.807) is 11.6 Å². The topological polar surface area (TPSA) is 88.8 Å². The van der Waals surface area contributed by atoms with Crippen LogP contribution < -0.4 is 5.32 Å². The minimum atomic E-state index is -0.536. The fourth-order valence-electron chi connectivity index (χ4n) is 2.93. The Balaban J connectivity index is 1.70. The summed E-state index contributed by atoms with van der Waals surface area (Å²) in [6.07, 6.45) is -0.536. The average Bonchev–Trinajstić information content (AvgIpc) is 3.05. The molecule has 0 saturated heterocycles. The first-order chi connectivity index (χ1) is 13.1. The maximum atomic E-state index is 9.79. The quantitative estimate of drug-likeness (QED) is 0.567. The number of aliphatic hydroxyl groups is 1. The number of fused-ring (bicyclic) bond motifs is 1. The number of hydrogen-bond acceptors (Lipinski definition) is 6. The van der Waals surface area contributed by atoms with E-state index < -0.39 is 6.10 Å². The van der Waals surface area contributed by atoms with E-state index in [2.05, 4.69) is 25.6 Å². The van der Waals surface area contributed by atoms with Gasteiger partial charge in [-0.1, -0.05) is 47.7 Å². The van der Waals surface area contributed by atoms with Crippen LogP contribution in [0.1, 0.15) is 30.0 Å². The fraction of sp³-hybridized carbons (Fsp3) is 0.200. The van der Waals surface area contributed by atoms with Crippen molar-refractivity contribution < 1.29 is 5.11 Å². The monoisotopic (exact) mass is 360 g/mol. The van der Waals surface area contributed by atoms with Gasteiger partial charge in [0.15, 0.2) is 17.0 Å². The molecule has 0 spiro atoms. The van der Waals surface area contributed by atoms with Crippen LogP contribution in [0.4, 0.5) is 11.5 Å². The molecule has 4 aromatic rings. The highest BCUT2D eigenvalue weighted by Crippen LogP contribution is 2.24. The number of benzene rings is 2. The van der Waals surface area contributed by atoms with Crippen LogP contribution in [0, 0.1) is 6.92 Å². The second-order valence-corrected chi connectivity index (χ2v) is 6.45. The zero-order valence-electron chi connectivity index (χ0n) is 15.2. The molecule has 0 aliphatic carbocycles. The van der Waals surface area contributed by atoms with Crippen molar-refractivity contribution in [3.05, 3.63) is 71.5 Å². The van der Waals surface area contributed by atoms with Crippen LogP contribution in [0.25, 0.3) is 11.2 Å². The summed E-state index contributed by atoms with van der Waals surface area (Å²) in [6, 6.07) is 17.7. The number of aryl methyl sites for hydroxylation is 1.